The van der Waals surface area contributed by atoms with E-state index in [1.165, 1.54) is 0 Å². The van der Waals surface area contributed by atoms with Crippen molar-refractivity contribution in [3.05, 3.63) is 56.9 Å². The molecule has 0 radical (unpaired) electrons. The number of aromatic nitrogens is 4. The molecule has 0 aliphatic rings. The van der Waals surface area contributed by atoms with Crippen LogP contribution in [0.5, 0.6) is 0 Å². The van der Waals surface area contributed by atoms with Crippen LogP contribution < -0.4 is 5.43 Å². The van der Waals surface area contributed by atoms with Crippen LogP contribution in [0.4, 0.5) is 0 Å². The van der Waals surface area contributed by atoms with Crippen molar-refractivity contribution in [2.24, 2.45) is 7.05 Å². The molecular weight excluding hydrogens is 348 g/mol. The molecule has 0 fully saturated rings. The smallest absolute Gasteiger partial charge is 0.190 e. The van der Waals surface area contributed by atoms with Gasteiger partial charge in [-0.25, -0.2) is 0 Å². The van der Waals surface area contributed by atoms with Crippen LogP contribution in [0, 0.1) is 13.8 Å². The van der Waals surface area contributed by atoms with Crippen molar-refractivity contribution in [3.63, 3.8) is 0 Å². The lowest BCUT2D eigenvalue weighted by Crippen LogP contribution is -2.15. The maximum Gasteiger partial charge on any atom is 0.190 e. The van der Waals surface area contributed by atoms with Crippen LogP contribution in [0.3, 0.4) is 0 Å². The molecule has 0 saturated heterocycles. The van der Waals surface area contributed by atoms with Gasteiger partial charge >= 0.3 is 0 Å². The van der Waals surface area contributed by atoms with E-state index in [2.05, 4.69) is 30.9 Å². The molecule has 0 saturated carbocycles. The lowest BCUT2D eigenvalue weighted by Gasteiger charge is -2.21. The average Bonchev–Trinajstić information content (AvgIpc) is 2.93. The quantitative estimate of drug-likeness (QED) is 0.726. The molecule has 136 valence electrons. The molecule has 0 spiro atoms. The fourth-order valence-corrected chi connectivity index (χ4v) is 3.56. The van der Waals surface area contributed by atoms with E-state index in [1.54, 1.807) is 16.9 Å². The summed E-state index contributed by atoms with van der Waals surface area (Å²) in [6.45, 7) is 10.1. The van der Waals surface area contributed by atoms with Gasteiger partial charge in [-0.1, -0.05) is 32.4 Å². The van der Waals surface area contributed by atoms with Crippen molar-refractivity contribution in [1.29, 1.82) is 0 Å². The average molecular weight is 371 g/mol. The van der Waals surface area contributed by atoms with E-state index in [9.17, 15) is 4.79 Å². The minimum atomic E-state index is -0.145. The molecule has 0 bridgehead atoms. The van der Waals surface area contributed by atoms with E-state index in [0.29, 0.717) is 16.3 Å². The van der Waals surface area contributed by atoms with Gasteiger partial charge in [0.2, 0.25) is 0 Å². The van der Waals surface area contributed by atoms with Gasteiger partial charge in [0.05, 0.1) is 28.2 Å². The molecule has 0 unspecified atom stereocenters. The third-order valence-electron chi connectivity index (χ3n) is 4.38. The summed E-state index contributed by atoms with van der Waals surface area (Å²) in [6.07, 6.45) is 3.53. The van der Waals surface area contributed by atoms with E-state index >= 15 is 0 Å². The van der Waals surface area contributed by atoms with Gasteiger partial charge in [-0.3, -0.25) is 14.5 Å². The Hall–Kier alpha value is -2.40. The Kier molecular flexibility index (Phi) is 4.53. The lowest BCUT2D eigenvalue weighted by atomic mass is 9.90. The van der Waals surface area contributed by atoms with E-state index in [4.69, 9.17) is 16.6 Å². The van der Waals surface area contributed by atoms with Crippen LogP contribution in [-0.4, -0.2) is 19.7 Å². The third kappa shape index (κ3) is 3.31. The highest BCUT2D eigenvalue weighted by molar-refractivity contribution is 6.31. The molecule has 0 aromatic carbocycles. The molecule has 3 aromatic heterocycles. The number of hydrogen-bond acceptors (Lipinski definition) is 3. The molecule has 0 aliphatic heterocycles. The first-order chi connectivity index (χ1) is 12.1. The molecular formula is C20H23ClN4O. The third-order valence-corrected chi connectivity index (χ3v) is 4.67. The van der Waals surface area contributed by atoms with Gasteiger partial charge < -0.3 is 4.98 Å². The largest absolute Gasteiger partial charge is 0.358 e. The standard InChI is InChI=1S/C20H23ClN4O/c1-11-14(7-15(21)19(24-11)20(3,4)5)16-8-17(26)18(12(2)23-16)13-9-22-25(6)10-13/h7-10H,1-6H3,(H,23,26). The molecule has 0 amide bonds. The van der Waals surface area contributed by atoms with Crippen molar-refractivity contribution >= 4 is 11.6 Å². The van der Waals surface area contributed by atoms with Crippen LogP contribution in [-0.2, 0) is 12.5 Å². The summed E-state index contributed by atoms with van der Waals surface area (Å²) < 4.78 is 1.68. The normalized spacial score (nSPS) is 11.8. The zero-order valence-corrected chi connectivity index (χ0v) is 16.7. The fraction of sp³-hybridized carbons (Fsp3) is 0.350. The molecule has 6 heteroatoms. The van der Waals surface area contributed by atoms with E-state index < -0.39 is 0 Å². The summed E-state index contributed by atoms with van der Waals surface area (Å²) in [5.74, 6) is 0. The highest BCUT2D eigenvalue weighted by atomic mass is 35.5. The SMILES string of the molecule is Cc1nc(C(C)(C)C)c(Cl)cc1-c1cc(=O)c(-c2cnn(C)c2)c(C)[nH]1. The van der Waals surface area contributed by atoms with Crippen molar-refractivity contribution < 1.29 is 0 Å². The molecule has 0 aliphatic carbocycles. The first-order valence-corrected chi connectivity index (χ1v) is 8.86. The van der Waals surface area contributed by atoms with Crippen LogP contribution >= 0.6 is 11.6 Å². The summed E-state index contributed by atoms with van der Waals surface area (Å²) in [7, 11) is 1.83. The Balaban J connectivity index is 2.15. The fourth-order valence-electron chi connectivity index (χ4n) is 3.12. The number of nitrogens with zero attached hydrogens (tertiary/aromatic N) is 3. The lowest BCUT2D eigenvalue weighted by molar-refractivity contribution is 0.567. The van der Waals surface area contributed by atoms with Crippen LogP contribution in [0.1, 0.15) is 37.9 Å². The van der Waals surface area contributed by atoms with Gasteiger partial charge in [-0.15, -0.1) is 0 Å². The number of hydrogen-bond donors (Lipinski definition) is 1. The Morgan fingerprint density at radius 2 is 1.88 bits per heavy atom. The second-order valence-electron chi connectivity index (χ2n) is 7.65. The number of H-pyrrole nitrogens is 1. The van der Waals surface area contributed by atoms with Crippen LogP contribution in [0.2, 0.25) is 5.02 Å². The van der Waals surface area contributed by atoms with Crippen LogP contribution in [0.25, 0.3) is 22.4 Å². The van der Waals surface area contributed by atoms with E-state index in [0.717, 1.165) is 28.2 Å². The maximum atomic E-state index is 12.8. The Bertz CT molecular complexity index is 1040. The Morgan fingerprint density at radius 1 is 1.19 bits per heavy atom. The number of aryl methyl sites for hydroxylation is 3. The minimum Gasteiger partial charge on any atom is -0.358 e. The van der Waals surface area contributed by atoms with Crippen molar-refractivity contribution in [2.45, 2.75) is 40.0 Å². The summed E-state index contributed by atoms with van der Waals surface area (Å²) in [6, 6.07) is 3.49. The van der Waals surface area contributed by atoms with Crippen molar-refractivity contribution in [3.8, 4) is 22.4 Å². The molecule has 3 aromatic rings. The van der Waals surface area contributed by atoms with Crippen molar-refractivity contribution in [2.75, 3.05) is 0 Å². The molecule has 1 N–H and O–H groups in total. The number of pyridine rings is 2. The maximum absolute atomic E-state index is 12.8. The van der Waals surface area contributed by atoms with Gasteiger partial charge in [-0.2, -0.15) is 5.10 Å². The molecule has 3 rings (SSSR count). The topological polar surface area (TPSA) is 63.6 Å². The summed E-state index contributed by atoms with van der Waals surface area (Å²) >= 11 is 6.48. The molecule has 5 nitrogen and oxygen atoms in total. The Labute approximate surface area is 158 Å². The van der Waals surface area contributed by atoms with E-state index in [1.807, 2.05) is 33.2 Å². The monoisotopic (exact) mass is 370 g/mol. The van der Waals surface area contributed by atoms with Crippen LogP contribution in [0.15, 0.2) is 29.3 Å². The molecule has 26 heavy (non-hydrogen) atoms. The zero-order chi connectivity index (χ0) is 19.2. The number of aromatic amines is 1. The zero-order valence-electron chi connectivity index (χ0n) is 15.9. The Morgan fingerprint density at radius 3 is 2.42 bits per heavy atom. The van der Waals surface area contributed by atoms with E-state index in [-0.39, 0.29) is 10.8 Å². The van der Waals surface area contributed by atoms with Gasteiger partial charge in [0.1, 0.15) is 0 Å². The summed E-state index contributed by atoms with van der Waals surface area (Å²) in [4.78, 5) is 20.8. The predicted molar refractivity (Wildman–Crippen MR) is 106 cm³/mol. The summed E-state index contributed by atoms with van der Waals surface area (Å²) in [5, 5.41) is 4.76. The number of halogens is 1. The van der Waals surface area contributed by atoms with Gasteiger partial charge in [0.25, 0.3) is 0 Å². The predicted octanol–water partition coefficient (Wildman–Crippen LogP) is 4.41. The number of rotatable bonds is 2. The first kappa shape index (κ1) is 18.4. The number of nitrogens with one attached hydrogen (secondary N) is 1. The minimum absolute atomic E-state index is 0.0559. The second kappa shape index (κ2) is 6.40. The van der Waals surface area contributed by atoms with Gasteiger partial charge in [-0.05, 0) is 19.9 Å². The van der Waals surface area contributed by atoms with Gasteiger partial charge in [0.15, 0.2) is 5.43 Å². The second-order valence-corrected chi connectivity index (χ2v) is 8.06. The highest BCUT2D eigenvalue weighted by Gasteiger charge is 2.22. The highest BCUT2D eigenvalue weighted by Crippen LogP contribution is 2.32. The first-order valence-electron chi connectivity index (χ1n) is 8.49. The summed E-state index contributed by atoms with van der Waals surface area (Å²) in [5.41, 5.74) is 5.26. The molecule has 0 atom stereocenters. The molecule has 3 heterocycles. The van der Waals surface area contributed by atoms with Crippen molar-refractivity contribution in [1.82, 2.24) is 19.7 Å². The van der Waals surface area contributed by atoms with Gasteiger partial charge in [0, 0.05) is 47.2 Å².